The largest absolute Gasteiger partial charge is 0.395 e. The summed E-state index contributed by atoms with van der Waals surface area (Å²) in [6.45, 7) is 4.59. The van der Waals surface area contributed by atoms with Crippen molar-refractivity contribution in [3.05, 3.63) is 48.3 Å². The van der Waals surface area contributed by atoms with Crippen molar-refractivity contribution in [3.63, 3.8) is 0 Å². The van der Waals surface area contributed by atoms with Gasteiger partial charge in [-0.15, -0.1) is 0 Å². The molecule has 0 bridgehead atoms. The summed E-state index contributed by atoms with van der Waals surface area (Å²) < 4.78 is 1.88. The van der Waals surface area contributed by atoms with Gasteiger partial charge in [-0.3, -0.25) is 0 Å². The quantitative estimate of drug-likeness (QED) is 0.898. The number of aliphatic hydroxyl groups is 1. The molecule has 1 unspecified atom stereocenters. The summed E-state index contributed by atoms with van der Waals surface area (Å²) in [5.74, 6) is 0. The van der Waals surface area contributed by atoms with Crippen LogP contribution in [-0.2, 0) is 5.41 Å². The van der Waals surface area contributed by atoms with Gasteiger partial charge in [-0.05, 0) is 29.5 Å². The van der Waals surface area contributed by atoms with E-state index in [1.54, 1.807) is 0 Å². The van der Waals surface area contributed by atoms with Crippen LogP contribution in [0.1, 0.15) is 25.8 Å². The maximum absolute atomic E-state index is 9.69. The lowest BCUT2D eigenvalue weighted by Crippen LogP contribution is -2.18. The molecular formula is C15H18N2O. The van der Waals surface area contributed by atoms with Gasteiger partial charge in [0.2, 0.25) is 0 Å². The van der Waals surface area contributed by atoms with Gasteiger partial charge in [0, 0.05) is 11.6 Å². The normalized spacial score (nSPS) is 25.1. The third kappa shape index (κ3) is 1.51. The Morgan fingerprint density at radius 3 is 2.50 bits per heavy atom. The minimum absolute atomic E-state index is 0.0972. The van der Waals surface area contributed by atoms with Crippen LogP contribution in [0.4, 0.5) is 0 Å². The second-order valence-electron chi connectivity index (χ2n) is 5.81. The summed E-state index contributed by atoms with van der Waals surface area (Å²) in [5, 5.41) is 14.1. The molecule has 1 fully saturated rings. The highest BCUT2D eigenvalue weighted by Crippen LogP contribution is 2.63. The van der Waals surface area contributed by atoms with E-state index < -0.39 is 0 Å². The molecule has 1 aliphatic carbocycles. The van der Waals surface area contributed by atoms with Crippen LogP contribution in [0, 0.1) is 5.41 Å². The fourth-order valence-electron chi connectivity index (χ4n) is 2.86. The first-order valence-electron chi connectivity index (χ1n) is 6.30. The van der Waals surface area contributed by atoms with Crippen LogP contribution >= 0.6 is 0 Å². The van der Waals surface area contributed by atoms with Crippen LogP contribution in [0.25, 0.3) is 5.69 Å². The van der Waals surface area contributed by atoms with Crippen molar-refractivity contribution in [2.75, 3.05) is 6.61 Å². The molecule has 1 atom stereocenters. The Bertz CT molecular complexity index is 559. The van der Waals surface area contributed by atoms with Crippen molar-refractivity contribution in [2.24, 2.45) is 5.41 Å². The van der Waals surface area contributed by atoms with Gasteiger partial charge >= 0.3 is 0 Å². The number of aliphatic hydroxyl groups excluding tert-OH is 1. The van der Waals surface area contributed by atoms with Crippen molar-refractivity contribution in [1.82, 2.24) is 9.78 Å². The van der Waals surface area contributed by atoms with Gasteiger partial charge in [-0.25, -0.2) is 4.68 Å². The summed E-state index contributed by atoms with van der Waals surface area (Å²) in [4.78, 5) is 0. The molecule has 1 heterocycles. The van der Waals surface area contributed by atoms with Gasteiger partial charge in [0.1, 0.15) is 0 Å². The summed E-state index contributed by atoms with van der Waals surface area (Å²) in [6, 6.07) is 10.0. The molecule has 1 aliphatic rings. The third-order valence-electron chi connectivity index (χ3n) is 4.34. The first-order valence-corrected chi connectivity index (χ1v) is 6.30. The fraction of sp³-hybridized carbons (Fsp3) is 0.400. The van der Waals surface area contributed by atoms with E-state index in [2.05, 4.69) is 18.9 Å². The zero-order valence-electron chi connectivity index (χ0n) is 10.8. The monoisotopic (exact) mass is 242 g/mol. The maximum atomic E-state index is 9.69. The number of hydrogen-bond acceptors (Lipinski definition) is 2. The maximum Gasteiger partial charge on any atom is 0.0645 e. The zero-order valence-corrected chi connectivity index (χ0v) is 10.8. The van der Waals surface area contributed by atoms with E-state index in [0.717, 1.165) is 17.7 Å². The zero-order chi connectivity index (χ0) is 12.8. The molecule has 0 amide bonds. The summed E-state index contributed by atoms with van der Waals surface area (Å²) >= 11 is 0. The molecule has 94 valence electrons. The Labute approximate surface area is 107 Å². The van der Waals surface area contributed by atoms with Crippen molar-refractivity contribution in [1.29, 1.82) is 0 Å². The van der Waals surface area contributed by atoms with E-state index in [-0.39, 0.29) is 17.4 Å². The lowest BCUT2D eigenvalue weighted by molar-refractivity contribution is 0.231. The number of rotatable bonds is 3. The van der Waals surface area contributed by atoms with Crippen LogP contribution < -0.4 is 0 Å². The molecule has 1 aromatic heterocycles. The molecular weight excluding hydrogens is 224 g/mol. The summed E-state index contributed by atoms with van der Waals surface area (Å²) in [5.41, 5.74) is 2.26. The van der Waals surface area contributed by atoms with Crippen LogP contribution in [-0.4, -0.2) is 21.5 Å². The van der Waals surface area contributed by atoms with Crippen LogP contribution in [0.5, 0.6) is 0 Å². The summed E-state index contributed by atoms with van der Waals surface area (Å²) in [6.07, 6.45) is 4.95. The van der Waals surface area contributed by atoms with Gasteiger partial charge in [-0.2, -0.15) is 5.10 Å². The van der Waals surface area contributed by atoms with Gasteiger partial charge in [0.15, 0.2) is 0 Å². The third-order valence-corrected chi connectivity index (χ3v) is 4.34. The number of aromatic nitrogens is 2. The van der Waals surface area contributed by atoms with E-state index in [1.165, 1.54) is 0 Å². The average Bonchev–Trinajstić information content (AvgIpc) is 2.78. The fourth-order valence-corrected chi connectivity index (χ4v) is 2.86. The number of para-hydroxylation sites is 1. The second kappa shape index (κ2) is 3.69. The Balaban J connectivity index is 1.96. The molecule has 1 N–H and O–H groups in total. The smallest absolute Gasteiger partial charge is 0.0645 e. The van der Waals surface area contributed by atoms with Crippen molar-refractivity contribution in [3.8, 4) is 5.69 Å². The molecule has 3 heteroatoms. The molecule has 1 aromatic carbocycles. The van der Waals surface area contributed by atoms with Gasteiger partial charge in [0.05, 0.1) is 18.5 Å². The van der Waals surface area contributed by atoms with Gasteiger partial charge in [-0.1, -0.05) is 32.0 Å². The van der Waals surface area contributed by atoms with Crippen LogP contribution in [0.15, 0.2) is 42.7 Å². The number of nitrogens with zero attached hydrogens (tertiary/aromatic N) is 2. The lowest BCUT2D eigenvalue weighted by atomic mass is 9.91. The molecule has 1 saturated carbocycles. The van der Waals surface area contributed by atoms with E-state index in [1.807, 2.05) is 47.4 Å². The highest BCUT2D eigenvalue weighted by Gasteiger charge is 2.62. The Hall–Kier alpha value is -1.61. The second-order valence-corrected chi connectivity index (χ2v) is 5.81. The molecule has 3 nitrogen and oxygen atoms in total. The van der Waals surface area contributed by atoms with E-state index in [4.69, 9.17) is 0 Å². The van der Waals surface area contributed by atoms with Crippen molar-refractivity contribution >= 4 is 0 Å². The SMILES string of the molecule is CC1(C)CC1(CO)c1cnn(-c2ccccc2)c1. The minimum Gasteiger partial charge on any atom is -0.395 e. The average molecular weight is 242 g/mol. The molecule has 3 rings (SSSR count). The molecule has 0 aliphatic heterocycles. The van der Waals surface area contributed by atoms with Crippen LogP contribution in [0.3, 0.4) is 0 Å². The Morgan fingerprint density at radius 2 is 1.94 bits per heavy atom. The molecule has 0 saturated heterocycles. The minimum atomic E-state index is -0.0972. The first kappa shape index (κ1) is 11.5. The molecule has 2 aromatic rings. The standard InChI is InChI=1S/C15H18N2O/c1-14(2)10-15(14,11-18)12-8-16-17(9-12)13-6-4-3-5-7-13/h3-9,18H,10-11H2,1-2H3. The predicted octanol–water partition coefficient (Wildman–Crippen LogP) is 2.53. The van der Waals surface area contributed by atoms with Gasteiger partial charge in [0.25, 0.3) is 0 Å². The predicted molar refractivity (Wildman–Crippen MR) is 70.7 cm³/mol. The topological polar surface area (TPSA) is 38.1 Å². The lowest BCUT2D eigenvalue weighted by Gasteiger charge is -2.15. The van der Waals surface area contributed by atoms with Crippen LogP contribution in [0.2, 0.25) is 0 Å². The van der Waals surface area contributed by atoms with Crippen molar-refractivity contribution in [2.45, 2.75) is 25.7 Å². The highest BCUT2D eigenvalue weighted by atomic mass is 16.3. The molecule has 18 heavy (non-hydrogen) atoms. The van der Waals surface area contributed by atoms with E-state index in [0.29, 0.717) is 0 Å². The van der Waals surface area contributed by atoms with Crippen molar-refractivity contribution < 1.29 is 5.11 Å². The Morgan fingerprint density at radius 1 is 1.28 bits per heavy atom. The van der Waals surface area contributed by atoms with E-state index in [9.17, 15) is 5.11 Å². The number of hydrogen-bond donors (Lipinski definition) is 1. The number of benzene rings is 1. The summed E-state index contributed by atoms with van der Waals surface area (Å²) in [7, 11) is 0. The molecule has 0 spiro atoms. The van der Waals surface area contributed by atoms with Gasteiger partial charge < -0.3 is 5.11 Å². The molecule has 0 radical (unpaired) electrons. The first-order chi connectivity index (χ1) is 8.59. The van der Waals surface area contributed by atoms with E-state index >= 15 is 0 Å². The highest BCUT2D eigenvalue weighted by molar-refractivity contribution is 5.37. The Kier molecular flexibility index (Phi) is 2.35.